The molecule has 4 nitrogen and oxygen atoms in total. The molecule has 1 atom stereocenters. The van der Waals surface area contributed by atoms with Crippen LogP contribution in [0.5, 0.6) is 0 Å². The number of aromatic nitrogens is 2. The number of furan rings is 1. The van der Waals surface area contributed by atoms with Crippen molar-refractivity contribution >= 4 is 0 Å². The average Bonchev–Trinajstić information content (AvgIpc) is 2.81. The van der Waals surface area contributed by atoms with Crippen LogP contribution >= 0.6 is 0 Å². The van der Waals surface area contributed by atoms with Crippen molar-refractivity contribution in [1.29, 1.82) is 0 Å². The maximum Gasteiger partial charge on any atom is 0.163 e. The summed E-state index contributed by atoms with van der Waals surface area (Å²) in [4.78, 5) is 9.34. The molecule has 0 saturated carbocycles. The van der Waals surface area contributed by atoms with Gasteiger partial charge in [0.25, 0.3) is 0 Å². The van der Waals surface area contributed by atoms with Gasteiger partial charge in [-0.2, -0.15) is 0 Å². The highest BCUT2D eigenvalue weighted by atomic mass is 16.3. The van der Waals surface area contributed by atoms with E-state index in [0.717, 1.165) is 41.6 Å². The Morgan fingerprint density at radius 1 is 1.20 bits per heavy atom. The SMILES string of the molecule is CCNCC(C)c1c(C)nc(-c2ccoc2C)nc1C. The molecule has 1 unspecified atom stereocenters. The quantitative estimate of drug-likeness (QED) is 0.907. The van der Waals surface area contributed by atoms with Crippen LogP contribution in [0, 0.1) is 20.8 Å². The molecule has 0 radical (unpaired) electrons. The van der Waals surface area contributed by atoms with Crippen molar-refractivity contribution in [3.8, 4) is 11.4 Å². The Hall–Kier alpha value is -1.68. The van der Waals surface area contributed by atoms with Gasteiger partial charge in [-0.25, -0.2) is 9.97 Å². The van der Waals surface area contributed by atoms with Crippen LogP contribution in [0.25, 0.3) is 11.4 Å². The zero-order chi connectivity index (χ0) is 14.7. The normalized spacial score (nSPS) is 12.7. The number of hydrogen-bond acceptors (Lipinski definition) is 4. The third kappa shape index (κ3) is 2.90. The highest BCUT2D eigenvalue weighted by Crippen LogP contribution is 2.26. The van der Waals surface area contributed by atoms with E-state index in [2.05, 4.69) is 43.0 Å². The van der Waals surface area contributed by atoms with E-state index in [4.69, 9.17) is 4.42 Å². The van der Waals surface area contributed by atoms with Crippen molar-refractivity contribution in [2.45, 2.75) is 40.5 Å². The summed E-state index contributed by atoms with van der Waals surface area (Å²) in [5.74, 6) is 2.03. The first-order valence-corrected chi connectivity index (χ1v) is 7.14. The van der Waals surface area contributed by atoms with Gasteiger partial charge < -0.3 is 9.73 Å². The molecule has 0 saturated heterocycles. The fourth-order valence-corrected chi connectivity index (χ4v) is 2.64. The summed E-state index contributed by atoms with van der Waals surface area (Å²) in [6.45, 7) is 12.3. The molecule has 0 aliphatic carbocycles. The summed E-state index contributed by atoms with van der Waals surface area (Å²) in [5, 5.41) is 3.38. The summed E-state index contributed by atoms with van der Waals surface area (Å²) in [6, 6.07) is 1.92. The van der Waals surface area contributed by atoms with Gasteiger partial charge in [0.15, 0.2) is 5.82 Å². The summed E-state index contributed by atoms with van der Waals surface area (Å²) in [6.07, 6.45) is 1.68. The molecule has 4 heteroatoms. The van der Waals surface area contributed by atoms with E-state index in [1.54, 1.807) is 6.26 Å². The van der Waals surface area contributed by atoms with Crippen LogP contribution in [0.2, 0.25) is 0 Å². The molecule has 20 heavy (non-hydrogen) atoms. The highest BCUT2D eigenvalue weighted by molar-refractivity contribution is 5.57. The predicted octanol–water partition coefficient (Wildman–Crippen LogP) is 3.37. The van der Waals surface area contributed by atoms with Crippen LogP contribution in [-0.4, -0.2) is 23.1 Å². The van der Waals surface area contributed by atoms with Gasteiger partial charge in [-0.3, -0.25) is 0 Å². The van der Waals surface area contributed by atoms with Crippen LogP contribution in [0.1, 0.15) is 42.5 Å². The van der Waals surface area contributed by atoms with Crippen molar-refractivity contribution in [3.63, 3.8) is 0 Å². The Labute approximate surface area is 120 Å². The molecule has 0 spiro atoms. The van der Waals surface area contributed by atoms with Crippen LogP contribution < -0.4 is 5.32 Å². The molecule has 0 aliphatic rings. The highest BCUT2D eigenvalue weighted by Gasteiger charge is 2.16. The molecule has 2 heterocycles. The first kappa shape index (κ1) is 14.7. The van der Waals surface area contributed by atoms with Crippen LogP contribution in [-0.2, 0) is 0 Å². The minimum absolute atomic E-state index is 0.412. The van der Waals surface area contributed by atoms with Crippen LogP contribution in [0.3, 0.4) is 0 Å². The van der Waals surface area contributed by atoms with E-state index in [0.29, 0.717) is 5.92 Å². The van der Waals surface area contributed by atoms with Gasteiger partial charge in [0.1, 0.15) is 5.76 Å². The number of nitrogens with one attached hydrogen (secondary N) is 1. The Morgan fingerprint density at radius 2 is 1.85 bits per heavy atom. The largest absolute Gasteiger partial charge is 0.469 e. The van der Waals surface area contributed by atoms with Gasteiger partial charge in [-0.1, -0.05) is 13.8 Å². The lowest BCUT2D eigenvalue weighted by atomic mass is 9.97. The minimum atomic E-state index is 0.412. The number of hydrogen-bond donors (Lipinski definition) is 1. The molecule has 0 aliphatic heterocycles. The third-order valence-electron chi connectivity index (χ3n) is 3.62. The Morgan fingerprint density at radius 3 is 2.35 bits per heavy atom. The van der Waals surface area contributed by atoms with Crippen LogP contribution in [0.4, 0.5) is 0 Å². The van der Waals surface area contributed by atoms with Crippen molar-refractivity contribution in [2.24, 2.45) is 0 Å². The van der Waals surface area contributed by atoms with Crippen molar-refractivity contribution in [3.05, 3.63) is 35.0 Å². The summed E-state index contributed by atoms with van der Waals surface area (Å²) in [5.41, 5.74) is 4.33. The number of likely N-dealkylation sites (N-methyl/N-ethyl adjacent to an activating group) is 1. The standard InChI is InChI=1S/C16H23N3O/c1-6-17-9-10(2)15-11(3)18-16(19-12(15)4)14-7-8-20-13(14)5/h7-8,10,17H,6,9H2,1-5H3. The Kier molecular flexibility index (Phi) is 4.55. The van der Waals surface area contributed by atoms with Gasteiger partial charge in [0.05, 0.1) is 11.8 Å². The second-order valence-corrected chi connectivity index (χ2v) is 5.23. The first-order chi connectivity index (χ1) is 9.54. The maximum atomic E-state index is 5.34. The zero-order valence-electron chi connectivity index (χ0n) is 12.9. The summed E-state index contributed by atoms with van der Waals surface area (Å²) < 4.78 is 5.34. The third-order valence-corrected chi connectivity index (χ3v) is 3.62. The molecule has 0 bridgehead atoms. The molecular weight excluding hydrogens is 250 g/mol. The molecular formula is C16H23N3O. The van der Waals surface area contributed by atoms with Gasteiger partial charge >= 0.3 is 0 Å². The van der Waals surface area contributed by atoms with Crippen molar-refractivity contribution < 1.29 is 4.42 Å². The second kappa shape index (κ2) is 6.18. The fraction of sp³-hybridized carbons (Fsp3) is 0.500. The average molecular weight is 273 g/mol. The van der Waals surface area contributed by atoms with E-state index in [-0.39, 0.29) is 0 Å². The molecule has 0 fully saturated rings. The Bertz CT molecular complexity index is 566. The van der Waals surface area contributed by atoms with E-state index >= 15 is 0 Å². The monoisotopic (exact) mass is 273 g/mol. The number of rotatable bonds is 5. The molecule has 2 aromatic heterocycles. The smallest absolute Gasteiger partial charge is 0.163 e. The molecule has 2 aromatic rings. The van der Waals surface area contributed by atoms with Crippen molar-refractivity contribution in [2.75, 3.05) is 13.1 Å². The predicted molar refractivity (Wildman–Crippen MR) is 80.9 cm³/mol. The topological polar surface area (TPSA) is 51.0 Å². The van der Waals surface area contributed by atoms with E-state index < -0.39 is 0 Å². The number of nitrogens with zero attached hydrogens (tertiary/aromatic N) is 2. The Balaban J connectivity index is 2.36. The van der Waals surface area contributed by atoms with E-state index in [1.807, 2.05) is 13.0 Å². The van der Waals surface area contributed by atoms with Crippen LogP contribution in [0.15, 0.2) is 16.7 Å². The zero-order valence-corrected chi connectivity index (χ0v) is 12.9. The van der Waals surface area contributed by atoms with Gasteiger partial charge in [0.2, 0.25) is 0 Å². The van der Waals surface area contributed by atoms with Gasteiger partial charge in [0, 0.05) is 17.9 Å². The lowest BCUT2D eigenvalue weighted by Gasteiger charge is -2.17. The van der Waals surface area contributed by atoms with E-state index in [1.165, 1.54) is 5.56 Å². The first-order valence-electron chi connectivity index (χ1n) is 7.14. The molecule has 0 amide bonds. The molecule has 2 rings (SSSR count). The summed E-state index contributed by atoms with van der Waals surface area (Å²) in [7, 11) is 0. The second-order valence-electron chi connectivity index (χ2n) is 5.23. The van der Waals surface area contributed by atoms with Gasteiger partial charge in [-0.15, -0.1) is 0 Å². The van der Waals surface area contributed by atoms with E-state index in [9.17, 15) is 0 Å². The van der Waals surface area contributed by atoms with Crippen molar-refractivity contribution in [1.82, 2.24) is 15.3 Å². The fourth-order valence-electron chi connectivity index (χ4n) is 2.64. The molecule has 1 N–H and O–H groups in total. The number of aryl methyl sites for hydroxylation is 3. The lowest BCUT2D eigenvalue weighted by Crippen LogP contribution is -2.21. The minimum Gasteiger partial charge on any atom is -0.469 e. The maximum absolute atomic E-state index is 5.34. The lowest BCUT2D eigenvalue weighted by molar-refractivity contribution is 0.535. The molecule has 0 aromatic carbocycles. The summed E-state index contributed by atoms with van der Waals surface area (Å²) >= 11 is 0. The van der Waals surface area contributed by atoms with Gasteiger partial charge in [-0.05, 0) is 44.9 Å². The molecule has 108 valence electrons.